The summed E-state index contributed by atoms with van der Waals surface area (Å²) in [6.07, 6.45) is 3.57. The highest BCUT2D eigenvalue weighted by Gasteiger charge is 2.10. The smallest absolute Gasteiger partial charge is 0.151 e. The third-order valence-corrected chi connectivity index (χ3v) is 3.68. The molecular weight excluding hydrogens is 307 g/mol. The number of hydrogen-bond acceptors (Lipinski definition) is 4. The monoisotopic (exact) mass is 318 g/mol. The largest absolute Gasteiger partial charge is 0.372 e. The van der Waals surface area contributed by atoms with Crippen LogP contribution < -0.4 is 10.6 Å². The van der Waals surface area contributed by atoms with E-state index >= 15 is 0 Å². The van der Waals surface area contributed by atoms with Crippen LogP contribution in [0.2, 0.25) is 10.0 Å². The first-order valence-electron chi connectivity index (χ1n) is 6.32. The van der Waals surface area contributed by atoms with E-state index in [1.54, 1.807) is 19.3 Å². The number of nitrogens with zero attached hydrogens (tertiary/aromatic N) is 2. The molecule has 0 aliphatic carbocycles. The summed E-state index contributed by atoms with van der Waals surface area (Å²) in [6.45, 7) is 0. The number of hydrogen-bond donors (Lipinski definition) is 2. The predicted molar refractivity (Wildman–Crippen MR) is 88.8 cm³/mol. The van der Waals surface area contributed by atoms with Crippen LogP contribution in [-0.2, 0) is 0 Å². The van der Waals surface area contributed by atoms with E-state index in [9.17, 15) is 0 Å². The molecule has 3 rings (SSSR count). The van der Waals surface area contributed by atoms with E-state index in [1.165, 1.54) is 0 Å². The molecule has 0 unspecified atom stereocenters. The Labute approximate surface area is 132 Å². The van der Waals surface area contributed by atoms with Gasteiger partial charge in [-0.3, -0.25) is 4.98 Å². The molecule has 2 N–H and O–H groups in total. The molecule has 6 heteroatoms. The molecule has 21 heavy (non-hydrogen) atoms. The fourth-order valence-electron chi connectivity index (χ4n) is 2.09. The zero-order valence-electron chi connectivity index (χ0n) is 11.2. The van der Waals surface area contributed by atoms with Gasteiger partial charge in [0, 0.05) is 35.9 Å². The summed E-state index contributed by atoms with van der Waals surface area (Å²) < 4.78 is 0. The first kappa shape index (κ1) is 13.9. The maximum Gasteiger partial charge on any atom is 0.151 e. The van der Waals surface area contributed by atoms with Gasteiger partial charge in [-0.1, -0.05) is 35.3 Å². The quantitative estimate of drug-likeness (QED) is 0.733. The van der Waals surface area contributed by atoms with Crippen molar-refractivity contribution in [1.82, 2.24) is 9.97 Å². The van der Waals surface area contributed by atoms with Crippen LogP contribution in [0.3, 0.4) is 0 Å². The number of halogens is 2. The second kappa shape index (κ2) is 5.76. The van der Waals surface area contributed by atoms with Gasteiger partial charge in [-0.25, -0.2) is 4.98 Å². The summed E-state index contributed by atoms with van der Waals surface area (Å²) in [5.74, 6) is 1.13. The third kappa shape index (κ3) is 2.73. The van der Waals surface area contributed by atoms with Crippen LogP contribution in [0.15, 0.2) is 42.7 Å². The summed E-state index contributed by atoms with van der Waals surface area (Å²) in [5.41, 5.74) is 0.911. The molecule has 0 amide bonds. The number of anilines is 3. The highest BCUT2D eigenvalue weighted by molar-refractivity contribution is 6.37. The summed E-state index contributed by atoms with van der Waals surface area (Å²) in [6, 6.07) is 9.53. The minimum atomic E-state index is 0.463. The van der Waals surface area contributed by atoms with Crippen molar-refractivity contribution in [3.8, 4) is 0 Å². The van der Waals surface area contributed by atoms with Gasteiger partial charge in [0.15, 0.2) is 5.82 Å². The zero-order chi connectivity index (χ0) is 14.8. The molecule has 0 radical (unpaired) electrons. The van der Waals surface area contributed by atoms with Gasteiger partial charge in [0.05, 0.1) is 10.0 Å². The zero-order valence-corrected chi connectivity index (χ0v) is 12.7. The predicted octanol–water partition coefficient (Wildman–Crippen LogP) is 4.72. The van der Waals surface area contributed by atoms with Crippen LogP contribution in [0.25, 0.3) is 10.8 Å². The van der Waals surface area contributed by atoms with Crippen molar-refractivity contribution < 1.29 is 0 Å². The third-order valence-electron chi connectivity index (χ3n) is 3.10. The Hall–Kier alpha value is -2.04. The van der Waals surface area contributed by atoms with Gasteiger partial charge in [0.1, 0.15) is 5.82 Å². The Kier molecular flexibility index (Phi) is 3.82. The Bertz CT molecular complexity index is 800. The lowest BCUT2D eigenvalue weighted by Gasteiger charge is -2.12. The summed E-state index contributed by atoms with van der Waals surface area (Å²) >= 11 is 12.3. The fraction of sp³-hybridized carbons (Fsp3) is 0.0667. The van der Waals surface area contributed by atoms with Gasteiger partial charge in [0.25, 0.3) is 0 Å². The molecule has 3 aromatic rings. The number of fused-ring (bicyclic) bond motifs is 1. The van der Waals surface area contributed by atoms with E-state index in [0.717, 1.165) is 16.5 Å². The minimum Gasteiger partial charge on any atom is -0.372 e. The molecule has 0 aliphatic heterocycles. The van der Waals surface area contributed by atoms with Gasteiger partial charge < -0.3 is 10.6 Å². The van der Waals surface area contributed by atoms with Crippen molar-refractivity contribution in [1.29, 1.82) is 0 Å². The van der Waals surface area contributed by atoms with Crippen LogP contribution in [0, 0.1) is 0 Å². The fourth-order valence-corrected chi connectivity index (χ4v) is 2.59. The number of nitrogens with one attached hydrogen (secondary N) is 2. The SMILES string of the molecule is CNc1nc(Nc2cccc3cnccc23)c(Cl)cc1Cl. The molecule has 1 aromatic carbocycles. The molecule has 2 heterocycles. The molecule has 0 fully saturated rings. The number of aromatic nitrogens is 2. The minimum absolute atomic E-state index is 0.463. The van der Waals surface area contributed by atoms with Crippen LogP contribution in [0.4, 0.5) is 17.3 Å². The molecule has 0 spiro atoms. The lowest BCUT2D eigenvalue weighted by molar-refractivity contribution is 1.28. The standard InChI is InChI=1S/C15H12Cl2N4/c1-18-14-11(16)7-12(17)15(21-14)20-13-4-2-3-9-8-19-6-5-10(9)13/h2-8H,1H3,(H2,18,20,21). The molecule has 106 valence electrons. The Balaban J connectivity index is 2.07. The van der Waals surface area contributed by atoms with Crippen molar-refractivity contribution in [3.63, 3.8) is 0 Å². The van der Waals surface area contributed by atoms with Crippen molar-refractivity contribution in [2.75, 3.05) is 17.7 Å². The number of pyridine rings is 2. The number of rotatable bonds is 3. The van der Waals surface area contributed by atoms with Crippen LogP contribution >= 0.6 is 23.2 Å². The number of benzene rings is 1. The summed E-state index contributed by atoms with van der Waals surface area (Å²) in [7, 11) is 1.76. The summed E-state index contributed by atoms with van der Waals surface area (Å²) in [4.78, 5) is 8.51. The molecule has 0 atom stereocenters. The summed E-state index contributed by atoms with van der Waals surface area (Å²) in [5, 5.41) is 9.22. The van der Waals surface area contributed by atoms with Gasteiger partial charge in [-0.05, 0) is 18.2 Å². The lowest BCUT2D eigenvalue weighted by Crippen LogP contribution is -2.00. The molecule has 0 saturated heterocycles. The van der Waals surface area contributed by atoms with E-state index in [0.29, 0.717) is 21.7 Å². The maximum absolute atomic E-state index is 6.21. The molecule has 4 nitrogen and oxygen atoms in total. The normalized spacial score (nSPS) is 10.6. The second-order valence-corrected chi connectivity index (χ2v) is 5.24. The second-order valence-electron chi connectivity index (χ2n) is 4.43. The van der Waals surface area contributed by atoms with Crippen LogP contribution in [-0.4, -0.2) is 17.0 Å². The van der Waals surface area contributed by atoms with E-state index in [-0.39, 0.29) is 0 Å². The van der Waals surface area contributed by atoms with Gasteiger partial charge in [0.2, 0.25) is 0 Å². The topological polar surface area (TPSA) is 49.8 Å². The van der Waals surface area contributed by atoms with E-state index in [1.807, 2.05) is 30.5 Å². The molecule has 2 aromatic heterocycles. The molecule has 0 bridgehead atoms. The van der Waals surface area contributed by atoms with Gasteiger partial charge in [-0.15, -0.1) is 0 Å². The molecule has 0 saturated carbocycles. The van der Waals surface area contributed by atoms with Crippen molar-refractivity contribution in [2.24, 2.45) is 0 Å². The Morgan fingerprint density at radius 2 is 1.86 bits per heavy atom. The van der Waals surface area contributed by atoms with Gasteiger partial charge in [-0.2, -0.15) is 0 Å². The Morgan fingerprint density at radius 3 is 2.67 bits per heavy atom. The highest BCUT2D eigenvalue weighted by atomic mass is 35.5. The van der Waals surface area contributed by atoms with E-state index < -0.39 is 0 Å². The lowest BCUT2D eigenvalue weighted by atomic mass is 10.1. The average Bonchev–Trinajstić information content (AvgIpc) is 2.50. The highest BCUT2D eigenvalue weighted by Crippen LogP contribution is 2.32. The first-order valence-corrected chi connectivity index (χ1v) is 7.08. The Morgan fingerprint density at radius 1 is 1.05 bits per heavy atom. The molecule has 0 aliphatic rings. The average molecular weight is 319 g/mol. The molecular formula is C15H12Cl2N4. The van der Waals surface area contributed by atoms with Crippen LogP contribution in [0.1, 0.15) is 0 Å². The van der Waals surface area contributed by atoms with Crippen molar-refractivity contribution >= 4 is 51.3 Å². The van der Waals surface area contributed by atoms with Gasteiger partial charge >= 0.3 is 0 Å². The van der Waals surface area contributed by atoms with E-state index in [2.05, 4.69) is 20.6 Å². The van der Waals surface area contributed by atoms with Crippen LogP contribution in [0.5, 0.6) is 0 Å². The van der Waals surface area contributed by atoms with Crippen molar-refractivity contribution in [3.05, 3.63) is 52.8 Å². The first-order chi connectivity index (χ1) is 10.2. The maximum atomic E-state index is 6.21. The van der Waals surface area contributed by atoms with E-state index in [4.69, 9.17) is 23.2 Å². The van der Waals surface area contributed by atoms with Crippen molar-refractivity contribution in [2.45, 2.75) is 0 Å².